The number of piperidine rings is 3. The van der Waals surface area contributed by atoms with Crippen molar-refractivity contribution in [3.8, 4) is 11.3 Å². The molecule has 0 spiro atoms. The van der Waals surface area contributed by atoms with E-state index in [1.54, 1.807) is 0 Å². The number of nitrogens with zero attached hydrogens (tertiary/aromatic N) is 5. The second-order valence-corrected chi connectivity index (χ2v) is 9.83. The summed E-state index contributed by atoms with van der Waals surface area (Å²) in [5, 5.41) is 12.1. The maximum atomic E-state index is 13.3. The molecule has 0 saturated carbocycles. The van der Waals surface area contributed by atoms with Crippen molar-refractivity contribution in [3.63, 3.8) is 0 Å². The lowest BCUT2D eigenvalue weighted by molar-refractivity contribution is -0.144. The summed E-state index contributed by atoms with van der Waals surface area (Å²) in [5.41, 5.74) is 4.28. The molecule has 3 fully saturated rings. The van der Waals surface area contributed by atoms with Crippen LogP contribution in [0.5, 0.6) is 0 Å². The predicted octanol–water partition coefficient (Wildman–Crippen LogP) is 2.94. The summed E-state index contributed by atoms with van der Waals surface area (Å²) >= 11 is 0. The number of hydrogen-bond acceptors (Lipinski definition) is 4. The molecular formula is C23H32N6O2. The number of carbonyl (C=O) groups is 2. The van der Waals surface area contributed by atoms with E-state index in [-0.39, 0.29) is 11.9 Å². The van der Waals surface area contributed by atoms with E-state index in [0.29, 0.717) is 42.4 Å². The lowest BCUT2D eigenvalue weighted by Gasteiger charge is -2.52. The predicted molar refractivity (Wildman–Crippen MR) is 117 cm³/mol. The zero-order valence-corrected chi connectivity index (χ0v) is 18.9. The molecule has 2 amide bonds. The molecule has 2 aromatic heterocycles. The molecule has 3 saturated heterocycles. The van der Waals surface area contributed by atoms with Gasteiger partial charge in [0.1, 0.15) is 5.69 Å². The summed E-state index contributed by atoms with van der Waals surface area (Å²) in [6, 6.07) is 2.44. The summed E-state index contributed by atoms with van der Waals surface area (Å²) in [4.78, 5) is 29.8. The van der Waals surface area contributed by atoms with Crippen molar-refractivity contribution in [3.05, 3.63) is 23.1 Å². The third-order valence-electron chi connectivity index (χ3n) is 7.35. The highest BCUT2D eigenvalue weighted by molar-refractivity contribution is 5.93. The molecule has 5 rings (SSSR count). The lowest BCUT2D eigenvalue weighted by atomic mass is 9.76. The number of aromatic amines is 1. The molecule has 0 radical (unpaired) electrons. The number of amides is 2. The Morgan fingerprint density at radius 3 is 2.77 bits per heavy atom. The molecule has 0 aliphatic carbocycles. The highest BCUT2D eigenvalue weighted by Gasteiger charge is 2.45. The Kier molecular flexibility index (Phi) is 4.90. The molecule has 166 valence electrons. The van der Waals surface area contributed by atoms with E-state index in [1.165, 1.54) is 0 Å². The number of likely N-dealkylation sites (tertiary alicyclic amines) is 1. The molecule has 1 N–H and O–H groups in total. The van der Waals surface area contributed by atoms with Crippen molar-refractivity contribution >= 4 is 11.8 Å². The number of H-pyrrole nitrogens is 1. The molecule has 3 aliphatic heterocycles. The van der Waals surface area contributed by atoms with E-state index in [9.17, 15) is 9.59 Å². The van der Waals surface area contributed by atoms with Gasteiger partial charge in [0, 0.05) is 49.4 Å². The minimum atomic E-state index is 0.00981. The molecule has 1 unspecified atom stereocenters. The second kappa shape index (κ2) is 7.50. The molecule has 31 heavy (non-hydrogen) atoms. The largest absolute Gasteiger partial charge is 0.339 e. The van der Waals surface area contributed by atoms with Crippen LogP contribution in [0.1, 0.15) is 67.4 Å². The molecule has 8 nitrogen and oxygen atoms in total. The summed E-state index contributed by atoms with van der Waals surface area (Å²) in [7, 11) is 0. The average molecular weight is 425 g/mol. The second-order valence-electron chi connectivity index (χ2n) is 9.83. The molecule has 5 heterocycles. The molecule has 2 aromatic rings. The number of aryl methyl sites for hydroxylation is 1. The molecule has 3 atom stereocenters. The van der Waals surface area contributed by atoms with Gasteiger partial charge in [0.15, 0.2) is 0 Å². The van der Waals surface area contributed by atoms with Crippen LogP contribution in [0.4, 0.5) is 0 Å². The smallest absolute Gasteiger partial charge is 0.271 e. The quantitative estimate of drug-likeness (QED) is 0.821. The Bertz CT molecular complexity index is 1020. The van der Waals surface area contributed by atoms with Crippen molar-refractivity contribution < 1.29 is 9.59 Å². The van der Waals surface area contributed by atoms with Crippen LogP contribution < -0.4 is 0 Å². The van der Waals surface area contributed by atoms with Gasteiger partial charge in [-0.05, 0) is 64.9 Å². The van der Waals surface area contributed by atoms with E-state index in [4.69, 9.17) is 0 Å². The summed E-state index contributed by atoms with van der Waals surface area (Å²) in [6.07, 6.45) is 3.85. The van der Waals surface area contributed by atoms with E-state index in [1.807, 2.05) is 22.6 Å². The van der Waals surface area contributed by atoms with Crippen LogP contribution in [0.15, 0.2) is 6.07 Å². The van der Waals surface area contributed by atoms with Gasteiger partial charge in [0.2, 0.25) is 5.91 Å². The average Bonchev–Trinajstić information content (AvgIpc) is 3.32. The number of carbonyl (C=O) groups excluding carboxylic acids is 2. The minimum Gasteiger partial charge on any atom is -0.339 e. The Morgan fingerprint density at radius 2 is 2.03 bits per heavy atom. The number of hydrogen-bond donors (Lipinski definition) is 1. The van der Waals surface area contributed by atoms with Gasteiger partial charge in [-0.25, -0.2) is 0 Å². The molecular weight excluding hydrogens is 392 g/mol. The number of aromatic nitrogens is 4. The van der Waals surface area contributed by atoms with E-state index >= 15 is 0 Å². The normalized spacial score (nSPS) is 25.8. The third-order valence-corrected chi connectivity index (χ3v) is 7.35. The lowest BCUT2D eigenvalue weighted by Crippen LogP contribution is -2.61. The van der Waals surface area contributed by atoms with E-state index < -0.39 is 0 Å². The van der Waals surface area contributed by atoms with Gasteiger partial charge in [-0.2, -0.15) is 10.2 Å². The van der Waals surface area contributed by atoms with E-state index in [0.717, 1.165) is 55.0 Å². The van der Waals surface area contributed by atoms with Crippen LogP contribution in [0.25, 0.3) is 11.3 Å². The van der Waals surface area contributed by atoms with Crippen LogP contribution in [-0.2, 0) is 4.79 Å². The van der Waals surface area contributed by atoms with Crippen LogP contribution in [-0.4, -0.2) is 67.3 Å². The van der Waals surface area contributed by atoms with Crippen molar-refractivity contribution in [1.82, 2.24) is 29.8 Å². The SMILES string of the molecule is Cc1nn(C(C)C)c(C)c1-c1cc(C(=O)N2C[C@@H]3C[C@H](C2)C2CCCC(=O)N2C3)[nH]n1. The fourth-order valence-electron chi connectivity index (χ4n) is 6.04. The van der Waals surface area contributed by atoms with Crippen molar-refractivity contribution in [2.24, 2.45) is 11.8 Å². The highest BCUT2D eigenvalue weighted by atomic mass is 16.2. The van der Waals surface area contributed by atoms with Gasteiger partial charge in [0.25, 0.3) is 5.91 Å². The first-order chi connectivity index (χ1) is 14.8. The Morgan fingerprint density at radius 1 is 1.23 bits per heavy atom. The standard InChI is InChI=1S/C23H32N6O2/c1-13(2)29-15(4)22(14(3)26-29)18-9-19(25-24-18)23(31)27-10-16-8-17(12-27)20-6-5-7-21(30)28(20)11-16/h9,13,16-17,20H,5-8,10-12H2,1-4H3,(H,24,25)/t16-,17+,20?/m0/s1. The van der Waals surface area contributed by atoms with Gasteiger partial charge in [-0.1, -0.05) is 0 Å². The fourth-order valence-corrected chi connectivity index (χ4v) is 6.04. The zero-order valence-electron chi connectivity index (χ0n) is 18.9. The fraction of sp³-hybridized carbons (Fsp3) is 0.652. The van der Waals surface area contributed by atoms with Crippen molar-refractivity contribution in [2.75, 3.05) is 19.6 Å². The third kappa shape index (κ3) is 3.36. The first-order valence-corrected chi connectivity index (χ1v) is 11.5. The van der Waals surface area contributed by atoms with Crippen molar-refractivity contribution in [2.45, 2.75) is 65.5 Å². The van der Waals surface area contributed by atoms with Gasteiger partial charge < -0.3 is 9.80 Å². The zero-order chi connectivity index (χ0) is 21.9. The van der Waals surface area contributed by atoms with Gasteiger partial charge in [-0.3, -0.25) is 19.4 Å². The topological polar surface area (TPSA) is 87.1 Å². The highest BCUT2D eigenvalue weighted by Crippen LogP contribution is 2.38. The maximum Gasteiger partial charge on any atom is 0.271 e. The number of fused-ring (bicyclic) bond motifs is 4. The summed E-state index contributed by atoms with van der Waals surface area (Å²) < 4.78 is 2.00. The number of nitrogens with one attached hydrogen (secondary N) is 1. The van der Waals surface area contributed by atoms with Gasteiger partial charge in [-0.15, -0.1) is 0 Å². The molecule has 0 aromatic carbocycles. The Balaban J connectivity index is 1.36. The van der Waals surface area contributed by atoms with Crippen LogP contribution in [0.3, 0.4) is 0 Å². The van der Waals surface area contributed by atoms with Gasteiger partial charge in [0.05, 0.1) is 11.4 Å². The Hall–Kier alpha value is -2.64. The van der Waals surface area contributed by atoms with Gasteiger partial charge >= 0.3 is 0 Å². The summed E-state index contributed by atoms with van der Waals surface area (Å²) in [5.74, 6) is 1.07. The molecule has 2 bridgehead atoms. The van der Waals surface area contributed by atoms with Crippen molar-refractivity contribution in [1.29, 1.82) is 0 Å². The molecule has 8 heteroatoms. The monoisotopic (exact) mass is 424 g/mol. The first kappa shape index (κ1) is 20.3. The number of rotatable bonds is 3. The van der Waals surface area contributed by atoms with Crippen LogP contribution in [0.2, 0.25) is 0 Å². The molecule has 3 aliphatic rings. The Labute approximate surface area is 183 Å². The summed E-state index contributed by atoms with van der Waals surface area (Å²) in [6.45, 7) is 10.5. The van der Waals surface area contributed by atoms with Crippen LogP contribution in [0, 0.1) is 25.7 Å². The first-order valence-electron chi connectivity index (χ1n) is 11.5. The minimum absolute atomic E-state index is 0.00981. The maximum absolute atomic E-state index is 13.3. The van der Waals surface area contributed by atoms with Crippen LogP contribution >= 0.6 is 0 Å². The van der Waals surface area contributed by atoms with E-state index in [2.05, 4.69) is 41.0 Å².